The average molecular weight is 256 g/mol. The lowest BCUT2D eigenvalue weighted by Crippen LogP contribution is -2.01. The van der Waals surface area contributed by atoms with Crippen LogP contribution in [0.25, 0.3) is 0 Å². The maximum Gasteiger partial charge on any atom is -0.0162 e. The highest BCUT2D eigenvalue weighted by atomic mass is 14.2. The average Bonchev–Trinajstić information content (AvgIpc) is 2.68. The third kappa shape index (κ3) is 4.23. The van der Waals surface area contributed by atoms with Gasteiger partial charge in [0.05, 0.1) is 0 Å². The Morgan fingerprint density at radius 1 is 1.11 bits per heavy atom. The minimum atomic E-state index is 0.587. The first-order valence-corrected chi connectivity index (χ1v) is 7.91. The molecule has 1 atom stereocenters. The lowest BCUT2D eigenvalue weighted by atomic mass is 9.89. The number of hydrogen-bond donors (Lipinski definition) is 0. The number of allylic oxidation sites excluding steroid dienone is 1. The zero-order valence-corrected chi connectivity index (χ0v) is 12.6. The van der Waals surface area contributed by atoms with E-state index in [0.29, 0.717) is 5.92 Å². The van der Waals surface area contributed by atoms with E-state index in [-0.39, 0.29) is 0 Å². The van der Waals surface area contributed by atoms with Crippen molar-refractivity contribution in [3.05, 3.63) is 47.5 Å². The first-order valence-electron chi connectivity index (χ1n) is 7.91. The van der Waals surface area contributed by atoms with Gasteiger partial charge in [-0.3, -0.25) is 0 Å². The molecule has 2 rings (SSSR count). The second-order valence-electron chi connectivity index (χ2n) is 6.38. The summed E-state index contributed by atoms with van der Waals surface area (Å²) in [4.78, 5) is 0. The molecule has 0 spiro atoms. The smallest absolute Gasteiger partial charge is 0.0162 e. The minimum Gasteiger partial charge on any atom is -0.0999 e. The second-order valence-corrected chi connectivity index (χ2v) is 6.38. The first kappa shape index (κ1) is 14.4. The zero-order chi connectivity index (χ0) is 13.7. The molecule has 0 N–H and O–H groups in total. The highest BCUT2D eigenvalue weighted by molar-refractivity contribution is 5.26. The van der Waals surface area contributed by atoms with Crippen molar-refractivity contribution < 1.29 is 0 Å². The molecule has 1 aromatic carbocycles. The summed E-state index contributed by atoms with van der Waals surface area (Å²) >= 11 is 0. The molecule has 1 aromatic rings. The van der Waals surface area contributed by atoms with Crippen molar-refractivity contribution in [2.24, 2.45) is 5.92 Å². The lowest BCUT2D eigenvalue weighted by molar-refractivity contribution is 0.592. The highest BCUT2D eigenvalue weighted by Gasteiger charge is 2.14. The second kappa shape index (κ2) is 6.93. The van der Waals surface area contributed by atoms with E-state index in [4.69, 9.17) is 0 Å². The molecule has 1 aliphatic rings. The van der Waals surface area contributed by atoms with Crippen molar-refractivity contribution in [2.75, 3.05) is 0 Å². The fraction of sp³-hybridized carbons (Fsp3) is 0.579. The molecule has 1 saturated carbocycles. The fourth-order valence-corrected chi connectivity index (χ4v) is 3.07. The van der Waals surface area contributed by atoms with Gasteiger partial charge in [0.15, 0.2) is 0 Å². The van der Waals surface area contributed by atoms with Gasteiger partial charge in [0.25, 0.3) is 0 Å². The summed E-state index contributed by atoms with van der Waals surface area (Å²) in [7, 11) is 0. The van der Waals surface area contributed by atoms with Crippen LogP contribution in [-0.4, -0.2) is 0 Å². The van der Waals surface area contributed by atoms with Crippen LogP contribution in [0.5, 0.6) is 0 Å². The van der Waals surface area contributed by atoms with E-state index in [9.17, 15) is 0 Å². The Kier molecular flexibility index (Phi) is 5.24. The number of benzene rings is 1. The SMILES string of the molecule is C=C(C)C(C)Cc1ccc(C2CCCCCC2)cc1. The summed E-state index contributed by atoms with van der Waals surface area (Å²) in [5, 5.41) is 0. The van der Waals surface area contributed by atoms with E-state index in [1.807, 2.05) is 0 Å². The summed E-state index contributed by atoms with van der Waals surface area (Å²) in [6, 6.07) is 9.41. The molecule has 1 unspecified atom stereocenters. The summed E-state index contributed by atoms with van der Waals surface area (Å²) in [5.41, 5.74) is 4.30. The van der Waals surface area contributed by atoms with Gasteiger partial charge in [-0.05, 0) is 49.1 Å². The molecule has 0 aromatic heterocycles. The molecule has 19 heavy (non-hydrogen) atoms. The predicted octanol–water partition coefficient (Wildman–Crippen LogP) is 5.88. The van der Waals surface area contributed by atoms with E-state index in [0.717, 1.165) is 12.3 Å². The van der Waals surface area contributed by atoms with Gasteiger partial charge >= 0.3 is 0 Å². The molecular weight excluding hydrogens is 228 g/mol. The monoisotopic (exact) mass is 256 g/mol. The Bertz CT molecular complexity index is 391. The fourth-order valence-electron chi connectivity index (χ4n) is 3.07. The molecule has 1 fully saturated rings. The van der Waals surface area contributed by atoms with Gasteiger partial charge in [0, 0.05) is 0 Å². The van der Waals surface area contributed by atoms with Crippen molar-refractivity contribution in [1.29, 1.82) is 0 Å². The van der Waals surface area contributed by atoms with Crippen molar-refractivity contribution in [3.8, 4) is 0 Å². The Morgan fingerprint density at radius 2 is 1.68 bits per heavy atom. The third-order valence-corrected chi connectivity index (χ3v) is 4.69. The maximum atomic E-state index is 4.05. The summed E-state index contributed by atoms with van der Waals surface area (Å²) in [6.07, 6.45) is 9.61. The Labute approximate surface area is 118 Å². The summed E-state index contributed by atoms with van der Waals surface area (Å²) in [6.45, 7) is 8.45. The minimum absolute atomic E-state index is 0.587. The largest absolute Gasteiger partial charge is 0.0999 e. The quantitative estimate of drug-likeness (QED) is 0.466. The predicted molar refractivity (Wildman–Crippen MR) is 84.6 cm³/mol. The molecule has 0 nitrogen and oxygen atoms in total. The van der Waals surface area contributed by atoms with Crippen molar-refractivity contribution >= 4 is 0 Å². The molecule has 0 amide bonds. The van der Waals surface area contributed by atoms with E-state index in [1.165, 1.54) is 49.7 Å². The van der Waals surface area contributed by atoms with Gasteiger partial charge < -0.3 is 0 Å². The van der Waals surface area contributed by atoms with E-state index < -0.39 is 0 Å². The third-order valence-electron chi connectivity index (χ3n) is 4.69. The standard InChI is InChI=1S/C19H28/c1-15(2)16(3)14-17-10-12-19(13-11-17)18-8-6-4-5-7-9-18/h10-13,16,18H,1,4-9,14H2,2-3H3. The first-order chi connectivity index (χ1) is 9.16. The van der Waals surface area contributed by atoms with E-state index >= 15 is 0 Å². The van der Waals surface area contributed by atoms with Gasteiger partial charge in [0.1, 0.15) is 0 Å². The molecule has 0 bridgehead atoms. The van der Waals surface area contributed by atoms with Crippen LogP contribution in [-0.2, 0) is 6.42 Å². The molecular formula is C19H28. The van der Waals surface area contributed by atoms with E-state index in [1.54, 1.807) is 5.56 Å². The van der Waals surface area contributed by atoms with Crippen LogP contribution < -0.4 is 0 Å². The lowest BCUT2D eigenvalue weighted by Gasteiger charge is -2.16. The Morgan fingerprint density at radius 3 is 2.21 bits per heavy atom. The van der Waals surface area contributed by atoms with E-state index in [2.05, 4.69) is 44.7 Å². The number of rotatable bonds is 4. The van der Waals surface area contributed by atoms with Gasteiger partial charge in [-0.15, -0.1) is 0 Å². The molecule has 0 radical (unpaired) electrons. The number of hydrogen-bond acceptors (Lipinski definition) is 0. The van der Waals surface area contributed by atoms with Crippen LogP contribution in [0.15, 0.2) is 36.4 Å². The van der Waals surface area contributed by atoms with Crippen LogP contribution in [0.2, 0.25) is 0 Å². The van der Waals surface area contributed by atoms with Crippen LogP contribution in [0.3, 0.4) is 0 Å². The van der Waals surface area contributed by atoms with Crippen LogP contribution in [0, 0.1) is 5.92 Å². The van der Waals surface area contributed by atoms with Crippen LogP contribution >= 0.6 is 0 Å². The van der Waals surface area contributed by atoms with Crippen molar-refractivity contribution in [1.82, 2.24) is 0 Å². The summed E-state index contributed by atoms with van der Waals surface area (Å²) < 4.78 is 0. The maximum absolute atomic E-state index is 4.05. The van der Waals surface area contributed by atoms with Crippen molar-refractivity contribution in [3.63, 3.8) is 0 Å². The molecule has 1 aliphatic carbocycles. The molecule has 104 valence electrons. The van der Waals surface area contributed by atoms with Gasteiger partial charge in [-0.2, -0.15) is 0 Å². The van der Waals surface area contributed by atoms with Crippen molar-refractivity contribution in [2.45, 2.75) is 64.7 Å². The van der Waals surface area contributed by atoms with Crippen LogP contribution in [0.1, 0.15) is 69.4 Å². The Balaban J connectivity index is 1.99. The van der Waals surface area contributed by atoms with Gasteiger partial charge in [-0.25, -0.2) is 0 Å². The molecule has 0 heterocycles. The van der Waals surface area contributed by atoms with Crippen LogP contribution in [0.4, 0.5) is 0 Å². The molecule has 0 heteroatoms. The normalized spacial score (nSPS) is 18.8. The molecule has 0 aliphatic heterocycles. The van der Waals surface area contributed by atoms with Gasteiger partial charge in [-0.1, -0.05) is 69.0 Å². The molecule has 0 saturated heterocycles. The topological polar surface area (TPSA) is 0 Å². The Hall–Kier alpha value is -1.04. The zero-order valence-electron chi connectivity index (χ0n) is 12.6. The summed E-state index contributed by atoms with van der Waals surface area (Å²) in [5.74, 6) is 1.40. The van der Waals surface area contributed by atoms with Gasteiger partial charge in [0.2, 0.25) is 0 Å². The highest BCUT2D eigenvalue weighted by Crippen LogP contribution is 2.31.